The number of rotatable bonds is 5. The SMILES string of the molecule is CC(=O)N1CCN(c2ccc(-c3cc(O[C@H](C)[C@H]4CNC(=O)C4)c4ccnn4c3)nc2)CC1. The molecule has 9 heteroatoms. The van der Waals surface area contributed by atoms with Gasteiger partial charge in [-0.3, -0.25) is 14.6 Å². The summed E-state index contributed by atoms with van der Waals surface area (Å²) < 4.78 is 8.10. The molecule has 0 spiro atoms. The van der Waals surface area contributed by atoms with Gasteiger partial charge in [0.25, 0.3) is 0 Å². The first kappa shape index (κ1) is 21.2. The summed E-state index contributed by atoms with van der Waals surface area (Å²) in [5, 5.41) is 7.27. The minimum absolute atomic E-state index is 0.0747. The highest BCUT2D eigenvalue weighted by Crippen LogP contribution is 2.30. The van der Waals surface area contributed by atoms with Gasteiger partial charge in [-0.2, -0.15) is 5.10 Å². The van der Waals surface area contributed by atoms with Crippen molar-refractivity contribution < 1.29 is 14.3 Å². The highest BCUT2D eigenvalue weighted by Gasteiger charge is 2.28. The number of anilines is 1. The molecule has 3 aromatic heterocycles. The molecule has 0 radical (unpaired) electrons. The maximum absolute atomic E-state index is 11.6. The average molecular weight is 449 g/mol. The Bertz CT molecular complexity index is 1170. The number of fused-ring (bicyclic) bond motifs is 1. The molecule has 2 amide bonds. The van der Waals surface area contributed by atoms with Gasteiger partial charge < -0.3 is 19.9 Å². The summed E-state index contributed by atoms with van der Waals surface area (Å²) in [7, 11) is 0. The molecule has 9 nitrogen and oxygen atoms in total. The van der Waals surface area contributed by atoms with Crippen LogP contribution < -0.4 is 15.0 Å². The number of carbonyl (C=O) groups is 2. The Balaban J connectivity index is 1.35. The molecular formula is C24H28N6O3. The third-order valence-electron chi connectivity index (χ3n) is 6.59. The van der Waals surface area contributed by atoms with Crippen molar-refractivity contribution in [3.63, 3.8) is 0 Å². The van der Waals surface area contributed by atoms with Gasteiger partial charge in [0, 0.05) is 63.7 Å². The van der Waals surface area contributed by atoms with Gasteiger partial charge in [0.1, 0.15) is 17.4 Å². The van der Waals surface area contributed by atoms with Crippen molar-refractivity contribution in [2.45, 2.75) is 26.4 Å². The first-order valence-corrected chi connectivity index (χ1v) is 11.4. The van der Waals surface area contributed by atoms with Crippen molar-refractivity contribution in [2.24, 2.45) is 5.92 Å². The number of hydrogen-bond acceptors (Lipinski definition) is 6. The molecule has 2 fully saturated rings. The Kier molecular flexibility index (Phi) is 5.62. The summed E-state index contributed by atoms with van der Waals surface area (Å²) in [4.78, 5) is 32.0. The van der Waals surface area contributed by atoms with Crippen LogP contribution in [0.1, 0.15) is 20.3 Å². The normalized spacial score (nSPS) is 19.6. The minimum Gasteiger partial charge on any atom is -0.488 e. The number of pyridine rings is 2. The predicted molar refractivity (Wildman–Crippen MR) is 124 cm³/mol. The molecule has 0 bridgehead atoms. The van der Waals surface area contributed by atoms with Crippen molar-refractivity contribution in [3.8, 4) is 17.0 Å². The number of ether oxygens (including phenoxy) is 1. The van der Waals surface area contributed by atoms with Gasteiger partial charge in [0.05, 0.1) is 23.8 Å². The van der Waals surface area contributed by atoms with E-state index in [0.29, 0.717) is 13.0 Å². The lowest BCUT2D eigenvalue weighted by Crippen LogP contribution is -2.48. The van der Waals surface area contributed by atoms with E-state index in [1.807, 2.05) is 42.4 Å². The molecule has 2 aliphatic rings. The molecule has 1 N–H and O–H groups in total. The van der Waals surface area contributed by atoms with Crippen LogP contribution in [0.25, 0.3) is 16.8 Å². The smallest absolute Gasteiger partial charge is 0.220 e. The third kappa shape index (κ3) is 4.35. The van der Waals surface area contributed by atoms with Crippen LogP contribution in [-0.2, 0) is 9.59 Å². The zero-order valence-corrected chi connectivity index (χ0v) is 18.9. The largest absolute Gasteiger partial charge is 0.488 e. The second kappa shape index (κ2) is 8.73. The molecule has 2 atom stereocenters. The molecule has 3 aromatic rings. The second-order valence-electron chi connectivity index (χ2n) is 8.74. The van der Waals surface area contributed by atoms with Crippen molar-refractivity contribution in [3.05, 3.63) is 42.9 Å². The molecule has 0 aromatic carbocycles. The lowest BCUT2D eigenvalue weighted by Gasteiger charge is -2.35. The Labute approximate surface area is 192 Å². The fourth-order valence-electron chi connectivity index (χ4n) is 4.51. The lowest BCUT2D eigenvalue weighted by molar-refractivity contribution is -0.129. The highest BCUT2D eigenvalue weighted by atomic mass is 16.5. The molecule has 5 heterocycles. The average Bonchev–Trinajstić information content (AvgIpc) is 3.48. The Morgan fingerprint density at radius 2 is 2.03 bits per heavy atom. The zero-order chi connectivity index (χ0) is 22.9. The Morgan fingerprint density at radius 3 is 2.70 bits per heavy atom. The number of nitrogens with one attached hydrogen (secondary N) is 1. The molecule has 2 aliphatic heterocycles. The molecule has 5 rings (SSSR count). The van der Waals surface area contributed by atoms with E-state index in [1.165, 1.54) is 0 Å². The van der Waals surface area contributed by atoms with Crippen LogP contribution in [0, 0.1) is 5.92 Å². The highest BCUT2D eigenvalue weighted by molar-refractivity contribution is 5.78. The van der Waals surface area contributed by atoms with Crippen LogP contribution in [0.4, 0.5) is 5.69 Å². The maximum atomic E-state index is 11.6. The summed E-state index contributed by atoms with van der Waals surface area (Å²) in [5.74, 6) is 1.07. The van der Waals surface area contributed by atoms with E-state index >= 15 is 0 Å². The predicted octanol–water partition coefficient (Wildman–Crippen LogP) is 1.97. The number of aromatic nitrogens is 3. The number of piperazine rings is 1. The quantitative estimate of drug-likeness (QED) is 0.642. The Hall–Kier alpha value is -3.62. The van der Waals surface area contributed by atoms with E-state index in [-0.39, 0.29) is 23.8 Å². The van der Waals surface area contributed by atoms with E-state index in [2.05, 4.69) is 21.4 Å². The molecule has 2 saturated heterocycles. The summed E-state index contributed by atoms with van der Waals surface area (Å²) in [6, 6.07) is 7.98. The molecular weight excluding hydrogens is 420 g/mol. The second-order valence-corrected chi connectivity index (χ2v) is 8.74. The van der Waals surface area contributed by atoms with Gasteiger partial charge in [0.15, 0.2) is 0 Å². The van der Waals surface area contributed by atoms with Crippen LogP contribution >= 0.6 is 0 Å². The van der Waals surface area contributed by atoms with E-state index in [9.17, 15) is 9.59 Å². The van der Waals surface area contributed by atoms with Gasteiger partial charge in [-0.1, -0.05) is 0 Å². The van der Waals surface area contributed by atoms with Gasteiger partial charge in [-0.05, 0) is 31.2 Å². The van der Waals surface area contributed by atoms with E-state index in [4.69, 9.17) is 9.72 Å². The zero-order valence-electron chi connectivity index (χ0n) is 18.9. The summed E-state index contributed by atoms with van der Waals surface area (Å²) >= 11 is 0. The number of hydrogen-bond donors (Lipinski definition) is 1. The first-order valence-electron chi connectivity index (χ1n) is 11.4. The summed E-state index contributed by atoms with van der Waals surface area (Å²) in [6.07, 6.45) is 5.95. The Morgan fingerprint density at radius 1 is 1.21 bits per heavy atom. The van der Waals surface area contributed by atoms with Gasteiger partial charge in [-0.15, -0.1) is 0 Å². The number of nitrogens with zero attached hydrogens (tertiary/aromatic N) is 5. The van der Waals surface area contributed by atoms with Crippen molar-refractivity contribution in [1.82, 2.24) is 24.8 Å². The lowest BCUT2D eigenvalue weighted by atomic mass is 10.0. The summed E-state index contributed by atoms with van der Waals surface area (Å²) in [6.45, 7) is 7.32. The molecule has 33 heavy (non-hydrogen) atoms. The fraction of sp³-hybridized carbons (Fsp3) is 0.417. The molecule has 0 aliphatic carbocycles. The first-order chi connectivity index (χ1) is 16.0. The van der Waals surface area contributed by atoms with E-state index < -0.39 is 0 Å². The standard InChI is InChI=1S/C24H28N6O3/c1-16(18-12-24(32)26-13-18)33-23-11-19(15-30-22(23)5-6-27-30)21-4-3-20(14-25-21)29-9-7-28(8-10-29)17(2)31/h3-6,11,14-16,18H,7-10,12-13H2,1-2H3,(H,26,32)/t16-,18-/m1/s1. The molecule has 0 unspecified atom stereocenters. The van der Waals surface area contributed by atoms with Gasteiger partial charge in [-0.25, -0.2) is 4.52 Å². The minimum atomic E-state index is -0.109. The monoisotopic (exact) mass is 448 g/mol. The van der Waals surface area contributed by atoms with Gasteiger partial charge >= 0.3 is 0 Å². The van der Waals surface area contributed by atoms with Crippen molar-refractivity contribution >= 4 is 23.0 Å². The van der Waals surface area contributed by atoms with E-state index in [1.54, 1.807) is 17.6 Å². The number of carbonyl (C=O) groups excluding carboxylic acids is 2. The number of amides is 2. The van der Waals surface area contributed by atoms with Crippen LogP contribution in [-0.4, -0.2) is 70.1 Å². The fourth-order valence-corrected chi connectivity index (χ4v) is 4.51. The molecule has 0 saturated carbocycles. The van der Waals surface area contributed by atoms with Crippen LogP contribution in [0.3, 0.4) is 0 Å². The van der Waals surface area contributed by atoms with Crippen LogP contribution in [0.15, 0.2) is 42.9 Å². The maximum Gasteiger partial charge on any atom is 0.220 e. The third-order valence-corrected chi connectivity index (χ3v) is 6.59. The van der Waals surface area contributed by atoms with Gasteiger partial charge in [0.2, 0.25) is 11.8 Å². The van der Waals surface area contributed by atoms with E-state index in [0.717, 1.165) is 54.4 Å². The van der Waals surface area contributed by atoms with Crippen LogP contribution in [0.2, 0.25) is 0 Å². The van der Waals surface area contributed by atoms with Crippen molar-refractivity contribution in [2.75, 3.05) is 37.6 Å². The van der Waals surface area contributed by atoms with Crippen molar-refractivity contribution in [1.29, 1.82) is 0 Å². The van der Waals surface area contributed by atoms with Crippen LogP contribution in [0.5, 0.6) is 5.75 Å². The topological polar surface area (TPSA) is 92.1 Å². The molecule has 172 valence electrons. The summed E-state index contributed by atoms with van der Waals surface area (Å²) in [5.41, 5.74) is 3.66.